The Hall–Kier alpha value is -0.860. The van der Waals surface area contributed by atoms with Crippen molar-refractivity contribution >= 4 is 28.6 Å². The molecule has 0 unspecified atom stereocenters. The molecule has 1 N–H and O–H groups in total. The SMILES string of the molecule is [C-]#[N+]c1sc(=S)[nH]c1OC. The molecule has 0 spiro atoms. The lowest BCUT2D eigenvalue weighted by Gasteiger charge is -1.91. The van der Waals surface area contributed by atoms with Crippen molar-refractivity contribution in [2.45, 2.75) is 0 Å². The van der Waals surface area contributed by atoms with Crippen LogP contribution in [0.3, 0.4) is 0 Å². The van der Waals surface area contributed by atoms with Crippen molar-refractivity contribution in [2.24, 2.45) is 0 Å². The van der Waals surface area contributed by atoms with E-state index in [0.717, 1.165) is 0 Å². The van der Waals surface area contributed by atoms with Gasteiger partial charge in [0.25, 0.3) is 0 Å². The fourth-order valence-corrected chi connectivity index (χ4v) is 1.44. The van der Waals surface area contributed by atoms with E-state index in [1.54, 1.807) is 0 Å². The summed E-state index contributed by atoms with van der Waals surface area (Å²) in [5.74, 6) is 0.463. The van der Waals surface area contributed by atoms with E-state index in [4.69, 9.17) is 23.5 Å². The maximum Gasteiger partial charge on any atom is 0.301 e. The molecule has 0 saturated carbocycles. The molecule has 0 saturated heterocycles. The molecule has 0 fully saturated rings. The van der Waals surface area contributed by atoms with Crippen molar-refractivity contribution in [3.63, 3.8) is 0 Å². The lowest BCUT2D eigenvalue weighted by molar-refractivity contribution is 0.403. The van der Waals surface area contributed by atoms with Crippen LogP contribution in [-0.2, 0) is 0 Å². The number of aromatic nitrogens is 1. The number of methoxy groups -OCH3 is 1. The van der Waals surface area contributed by atoms with Gasteiger partial charge in [0.15, 0.2) is 0 Å². The summed E-state index contributed by atoms with van der Waals surface area (Å²) in [6.45, 7) is 6.69. The summed E-state index contributed by atoms with van der Waals surface area (Å²) >= 11 is 6.01. The Morgan fingerprint density at radius 1 is 1.80 bits per heavy atom. The van der Waals surface area contributed by atoms with Gasteiger partial charge >= 0.3 is 5.00 Å². The van der Waals surface area contributed by atoms with Crippen LogP contribution in [0, 0.1) is 10.5 Å². The molecule has 0 atom stereocenters. The first-order valence-corrected chi connectivity index (χ1v) is 3.65. The predicted octanol–water partition coefficient (Wildman–Crippen LogP) is 2.37. The lowest BCUT2D eigenvalue weighted by Crippen LogP contribution is -1.80. The minimum Gasteiger partial charge on any atom is -0.490 e. The van der Waals surface area contributed by atoms with Crippen molar-refractivity contribution in [3.05, 3.63) is 15.4 Å². The third-order valence-corrected chi connectivity index (χ3v) is 2.01. The van der Waals surface area contributed by atoms with Gasteiger partial charge in [-0.25, -0.2) is 4.85 Å². The number of thiazole rings is 1. The maximum absolute atomic E-state index is 6.69. The van der Waals surface area contributed by atoms with E-state index in [1.165, 1.54) is 18.4 Å². The highest BCUT2D eigenvalue weighted by Gasteiger charge is 2.03. The molecular formula is C5H4N2OS2. The number of nitrogens with one attached hydrogen (secondary N) is 1. The average molecular weight is 172 g/mol. The van der Waals surface area contributed by atoms with Gasteiger partial charge < -0.3 is 9.72 Å². The van der Waals surface area contributed by atoms with Crippen LogP contribution in [0.4, 0.5) is 5.00 Å². The third kappa shape index (κ3) is 1.17. The molecule has 0 aliphatic rings. The van der Waals surface area contributed by atoms with Gasteiger partial charge in [0.1, 0.15) is 3.95 Å². The molecule has 1 rings (SSSR count). The summed E-state index contributed by atoms with van der Waals surface area (Å²) < 4.78 is 5.40. The maximum atomic E-state index is 6.69. The zero-order valence-corrected chi connectivity index (χ0v) is 6.80. The van der Waals surface area contributed by atoms with Crippen LogP contribution in [0.5, 0.6) is 5.88 Å². The van der Waals surface area contributed by atoms with Crippen LogP contribution >= 0.6 is 23.6 Å². The molecular weight excluding hydrogens is 168 g/mol. The molecule has 5 heteroatoms. The van der Waals surface area contributed by atoms with E-state index in [9.17, 15) is 0 Å². The zero-order chi connectivity index (χ0) is 7.56. The van der Waals surface area contributed by atoms with Crippen LogP contribution in [0.1, 0.15) is 0 Å². The molecule has 1 aromatic rings. The summed E-state index contributed by atoms with van der Waals surface area (Å²) in [5, 5.41) is 0.479. The standard InChI is InChI=1S/C5H4N2OS2/c1-6-4-3(8-2)7-5(9)10-4/h2H3,(H,7,9). The molecule has 0 radical (unpaired) electrons. The van der Waals surface area contributed by atoms with E-state index in [1.807, 2.05) is 0 Å². The van der Waals surface area contributed by atoms with Crippen LogP contribution in [-0.4, -0.2) is 12.1 Å². The van der Waals surface area contributed by atoms with E-state index in [0.29, 0.717) is 14.8 Å². The van der Waals surface area contributed by atoms with E-state index >= 15 is 0 Å². The van der Waals surface area contributed by atoms with Gasteiger partial charge in [0.05, 0.1) is 13.7 Å². The number of rotatable bonds is 1. The minimum atomic E-state index is 0.463. The molecule has 0 aromatic carbocycles. The fourth-order valence-electron chi connectivity index (χ4n) is 0.518. The Labute approximate surface area is 67.1 Å². The quantitative estimate of drug-likeness (QED) is 0.520. The van der Waals surface area contributed by atoms with Gasteiger partial charge in [-0.1, -0.05) is 0 Å². The Kier molecular flexibility index (Phi) is 2.04. The van der Waals surface area contributed by atoms with E-state index in [2.05, 4.69) is 9.83 Å². The largest absolute Gasteiger partial charge is 0.490 e. The van der Waals surface area contributed by atoms with Gasteiger partial charge in [0.2, 0.25) is 5.88 Å². The molecule has 0 bridgehead atoms. The Balaban J connectivity index is 3.25. The first kappa shape index (κ1) is 7.25. The highest BCUT2D eigenvalue weighted by atomic mass is 32.1. The van der Waals surface area contributed by atoms with E-state index < -0.39 is 0 Å². The summed E-state index contributed by atoms with van der Waals surface area (Å²) in [4.78, 5) is 5.95. The minimum absolute atomic E-state index is 0.463. The number of hydrogen-bond donors (Lipinski definition) is 1. The number of aromatic amines is 1. The number of nitrogens with zero attached hydrogens (tertiary/aromatic N) is 1. The van der Waals surface area contributed by atoms with Gasteiger partial charge in [-0.3, -0.25) is 0 Å². The van der Waals surface area contributed by atoms with Gasteiger partial charge in [-0.2, -0.15) is 0 Å². The van der Waals surface area contributed by atoms with E-state index in [-0.39, 0.29) is 0 Å². The fraction of sp³-hybridized carbons (Fsp3) is 0.200. The first-order chi connectivity index (χ1) is 4.77. The lowest BCUT2D eigenvalue weighted by atomic mass is 10.8. The predicted molar refractivity (Wildman–Crippen MR) is 42.3 cm³/mol. The van der Waals surface area contributed by atoms with Crippen LogP contribution < -0.4 is 4.74 Å². The summed E-state index contributed by atoms with van der Waals surface area (Å²) in [6, 6.07) is 0. The second kappa shape index (κ2) is 2.82. The normalized spacial score (nSPS) is 8.80. The molecule has 1 heterocycles. The Bertz CT molecular complexity index is 319. The van der Waals surface area contributed by atoms with Crippen molar-refractivity contribution in [1.82, 2.24) is 4.98 Å². The van der Waals surface area contributed by atoms with Gasteiger partial charge in [0, 0.05) is 0 Å². The Morgan fingerprint density at radius 3 is 2.90 bits per heavy atom. The summed E-state index contributed by atoms with van der Waals surface area (Å²) in [7, 11) is 1.50. The van der Waals surface area contributed by atoms with Crippen molar-refractivity contribution in [1.29, 1.82) is 0 Å². The molecule has 0 aliphatic heterocycles. The molecule has 3 nitrogen and oxygen atoms in total. The van der Waals surface area contributed by atoms with Crippen molar-refractivity contribution in [3.8, 4) is 5.88 Å². The highest BCUT2D eigenvalue weighted by Crippen LogP contribution is 2.31. The third-order valence-electron chi connectivity index (χ3n) is 0.905. The molecule has 1 aromatic heterocycles. The zero-order valence-electron chi connectivity index (χ0n) is 5.17. The number of ether oxygens (including phenoxy) is 1. The first-order valence-electron chi connectivity index (χ1n) is 2.42. The number of H-pyrrole nitrogens is 1. The smallest absolute Gasteiger partial charge is 0.301 e. The molecule has 10 heavy (non-hydrogen) atoms. The summed E-state index contributed by atoms with van der Waals surface area (Å²) in [6.07, 6.45) is 0. The second-order valence-electron chi connectivity index (χ2n) is 1.46. The Morgan fingerprint density at radius 2 is 2.50 bits per heavy atom. The van der Waals surface area contributed by atoms with Crippen LogP contribution in [0.15, 0.2) is 0 Å². The van der Waals surface area contributed by atoms with Crippen molar-refractivity contribution in [2.75, 3.05) is 7.11 Å². The van der Waals surface area contributed by atoms with Gasteiger partial charge in [-0.05, 0) is 12.2 Å². The van der Waals surface area contributed by atoms with Gasteiger partial charge in [-0.15, -0.1) is 11.3 Å². The monoisotopic (exact) mass is 172 g/mol. The van der Waals surface area contributed by atoms with Crippen LogP contribution in [0.2, 0.25) is 0 Å². The molecule has 52 valence electrons. The highest BCUT2D eigenvalue weighted by molar-refractivity contribution is 7.73. The van der Waals surface area contributed by atoms with Crippen LogP contribution in [0.25, 0.3) is 4.85 Å². The second-order valence-corrected chi connectivity index (χ2v) is 3.13. The van der Waals surface area contributed by atoms with Crippen molar-refractivity contribution < 1.29 is 4.74 Å². The summed E-state index contributed by atoms with van der Waals surface area (Å²) in [5.41, 5.74) is 0. The molecule has 0 aliphatic carbocycles. The topological polar surface area (TPSA) is 29.4 Å². The number of hydrogen-bond acceptors (Lipinski definition) is 3. The molecule has 0 amide bonds. The average Bonchev–Trinajstić information content (AvgIpc) is 2.30.